The maximum absolute atomic E-state index is 12.0. The van der Waals surface area contributed by atoms with Gasteiger partial charge in [-0.1, -0.05) is 6.07 Å². The number of pyridine rings is 1. The van der Waals surface area contributed by atoms with Crippen molar-refractivity contribution < 1.29 is 9.53 Å². The summed E-state index contributed by atoms with van der Waals surface area (Å²) in [5, 5.41) is 0. The minimum Gasteiger partial charge on any atom is -0.469 e. The highest BCUT2D eigenvalue weighted by Gasteiger charge is 2.54. The third kappa shape index (κ3) is 1.87. The van der Waals surface area contributed by atoms with Crippen LogP contribution in [0.5, 0.6) is 0 Å². The predicted octanol–water partition coefficient (Wildman–Crippen LogP) is 3.16. The molecule has 0 spiro atoms. The van der Waals surface area contributed by atoms with Gasteiger partial charge < -0.3 is 4.74 Å². The summed E-state index contributed by atoms with van der Waals surface area (Å²) in [6.07, 6.45) is 6.07. The molecule has 0 aromatic carbocycles. The second kappa shape index (κ2) is 4.32. The summed E-state index contributed by atoms with van der Waals surface area (Å²) < 4.78 is 5.01. The molecule has 4 rings (SSSR count). The molecule has 0 radical (unpaired) electrons. The van der Waals surface area contributed by atoms with Gasteiger partial charge in [-0.2, -0.15) is 0 Å². The van der Waals surface area contributed by atoms with E-state index in [-0.39, 0.29) is 16.8 Å². The molecule has 3 heteroatoms. The maximum atomic E-state index is 12.0. The Kier molecular flexibility index (Phi) is 2.88. The van der Waals surface area contributed by atoms with E-state index in [4.69, 9.17) is 9.72 Å². The lowest BCUT2D eigenvalue weighted by atomic mass is 9.52. The Bertz CT molecular complexity index is 485. The van der Waals surface area contributed by atoms with Gasteiger partial charge in [0.2, 0.25) is 0 Å². The first-order valence-electron chi connectivity index (χ1n) is 7.13. The first-order valence-corrected chi connectivity index (χ1v) is 7.13. The lowest BCUT2D eigenvalue weighted by Crippen LogP contribution is -2.48. The summed E-state index contributed by atoms with van der Waals surface area (Å²) in [5.41, 5.74) is 2.33. The van der Waals surface area contributed by atoms with Crippen LogP contribution in [0.15, 0.2) is 18.2 Å². The highest BCUT2D eigenvalue weighted by atomic mass is 16.5. The number of methoxy groups -OCH3 is 1. The largest absolute Gasteiger partial charge is 0.469 e. The van der Waals surface area contributed by atoms with Crippen LogP contribution in [0, 0.1) is 12.3 Å². The number of fused-ring (bicyclic) bond motifs is 3. The number of hydrogen-bond donors (Lipinski definition) is 0. The average molecular weight is 259 g/mol. The Morgan fingerprint density at radius 2 is 1.79 bits per heavy atom. The zero-order chi connectivity index (χ0) is 13.5. The van der Waals surface area contributed by atoms with Crippen molar-refractivity contribution >= 4 is 5.97 Å². The minimum absolute atomic E-state index is 0.00185. The first kappa shape index (κ1) is 12.6. The number of aromatic nitrogens is 1. The van der Waals surface area contributed by atoms with E-state index in [0.717, 1.165) is 44.2 Å². The van der Waals surface area contributed by atoms with Crippen LogP contribution in [0.1, 0.15) is 49.9 Å². The van der Waals surface area contributed by atoms with E-state index in [1.807, 2.05) is 13.0 Å². The fraction of sp³-hybridized carbons (Fsp3) is 0.625. The third-order valence-electron chi connectivity index (χ3n) is 5.30. The number of ether oxygens (including phenoxy) is 1. The van der Waals surface area contributed by atoms with Crippen LogP contribution in [0.2, 0.25) is 0 Å². The molecule has 0 amide bonds. The zero-order valence-electron chi connectivity index (χ0n) is 11.7. The van der Waals surface area contributed by atoms with Crippen molar-refractivity contribution in [2.45, 2.75) is 50.9 Å². The monoisotopic (exact) mass is 259 g/mol. The Morgan fingerprint density at radius 3 is 2.32 bits per heavy atom. The van der Waals surface area contributed by atoms with Crippen molar-refractivity contribution in [3.05, 3.63) is 29.6 Å². The van der Waals surface area contributed by atoms with Crippen LogP contribution < -0.4 is 0 Å². The minimum atomic E-state index is -0.194. The Balaban J connectivity index is 1.87. The number of aryl methyl sites for hydroxylation is 1. The molecule has 2 bridgehead atoms. The van der Waals surface area contributed by atoms with E-state index in [9.17, 15) is 4.79 Å². The van der Waals surface area contributed by atoms with Gasteiger partial charge in [-0.15, -0.1) is 0 Å². The highest BCUT2D eigenvalue weighted by molar-refractivity contribution is 5.77. The number of carbonyl (C=O) groups excluding carboxylic acids is 1. The molecule has 0 N–H and O–H groups in total. The number of esters is 1. The van der Waals surface area contributed by atoms with E-state index in [1.165, 1.54) is 12.8 Å². The molecule has 102 valence electrons. The summed E-state index contributed by atoms with van der Waals surface area (Å²) in [6.45, 7) is 2.05. The molecule has 1 aromatic heterocycles. The van der Waals surface area contributed by atoms with E-state index in [2.05, 4.69) is 12.1 Å². The fourth-order valence-electron chi connectivity index (χ4n) is 3.93. The van der Waals surface area contributed by atoms with Crippen molar-refractivity contribution in [2.75, 3.05) is 7.11 Å². The van der Waals surface area contributed by atoms with E-state index in [1.54, 1.807) is 0 Å². The average Bonchev–Trinajstić information content (AvgIpc) is 2.48. The van der Waals surface area contributed by atoms with Gasteiger partial charge in [0.1, 0.15) is 0 Å². The Labute approximate surface area is 114 Å². The molecule has 0 saturated heterocycles. The number of rotatable bonds is 2. The number of nitrogens with zero attached hydrogens (tertiary/aromatic N) is 1. The van der Waals surface area contributed by atoms with Crippen LogP contribution in [0.3, 0.4) is 0 Å². The fourth-order valence-corrected chi connectivity index (χ4v) is 3.93. The summed E-state index contributed by atoms with van der Waals surface area (Å²) >= 11 is 0. The van der Waals surface area contributed by atoms with Crippen molar-refractivity contribution in [1.29, 1.82) is 0 Å². The van der Waals surface area contributed by atoms with Gasteiger partial charge in [-0.25, -0.2) is 0 Å². The van der Waals surface area contributed by atoms with Crippen LogP contribution in [0.4, 0.5) is 0 Å². The van der Waals surface area contributed by atoms with Gasteiger partial charge in [0.25, 0.3) is 0 Å². The van der Waals surface area contributed by atoms with Crippen LogP contribution in [0.25, 0.3) is 0 Å². The molecular formula is C16H21NO2. The van der Waals surface area contributed by atoms with Crippen molar-refractivity contribution in [1.82, 2.24) is 4.98 Å². The highest BCUT2D eigenvalue weighted by Crippen LogP contribution is 2.57. The molecule has 3 aliphatic rings. The van der Waals surface area contributed by atoms with Gasteiger partial charge in [-0.05, 0) is 57.6 Å². The lowest BCUT2D eigenvalue weighted by molar-refractivity contribution is -0.160. The molecular weight excluding hydrogens is 238 g/mol. The predicted molar refractivity (Wildman–Crippen MR) is 72.8 cm³/mol. The second-order valence-electron chi connectivity index (χ2n) is 6.22. The lowest BCUT2D eigenvalue weighted by Gasteiger charge is -2.51. The topological polar surface area (TPSA) is 39.2 Å². The van der Waals surface area contributed by atoms with E-state index >= 15 is 0 Å². The van der Waals surface area contributed by atoms with Gasteiger partial charge in [0.05, 0.1) is 12.5 Å². The molecule has 3 fully saturated rings. The number of carbonyl (C=O) groups is 1. The number of hydrogen-bond acceptors (Lipinski definition) is 3. The van der Waals surface area contributed by atoms with E-state index < -0.39 is 0 Å². The van der Waals surface area contributed by atoms with Gasteiger partial charge in [-0.3, -0.25) is 9.78 Å². The smallest absolute Gasteiger partial charge is 0.311 e. The van der Waals surface area contributed by atoms with Crippen molar-refractivity contribution in [3.8, 4) is 0 Å². The first-order chi connectivity index (χ1) is 9.10. The SMILES string of the molecule is COC(=O)C12CCC(c3cccc(C)n3)(CC1)CC2. The van der Waals surface area contributed by atoms with Gasteiger partial charge in [0, 0.05) is 16.8 Å². The molecule has 0 atom stereocenters. The Morgan fingerprint density at radius 1 is 1.16 bits per heavy atom. The zero-order valence-corrected chi connectivity index (χ0v) is 11.7. The molecule has 0 aliphatic heterocycles. The second-order valence-corrected chi connectivity index (χ2v) is 6.22. The van der Waals surface area contributed by atoms with Crippen LogP contribution >= 0.6 is 0 Å². The summed E-state index contributed by atoms with van der Waals surface area (Å²) in [6, 6.07) is 6.30. The Hall–Kier alpha value is -1.38. The van der Waals surface area contributed by atoms with Gasteiger partial charge in [0.15, 0.2) is 0 Å². The normalized spacial score (nSPS) is 33.2. The van der Waals surface area contributed by atoms with Crippen molar-refractivity contribution in [2.24, 2.45) is 5.41 Å². The third-order valence-corrected chi connectivity index (χ3v) is 5.30. The maximum Gasteiger partial charge on any atom is 0.311 e. The van der Waals surface area contributed by atoms with E-state index in [0.29, 0.717) is 0 Å². The molecule has 19 heavy (non-hydrogen) atoms. The summed E-state index contributed by atoms with van der Waals surface area (Å²) in [4.78, 5) is 16.7. The molecule has 1 aromatic rings. The summed E-state index contributed by atoms with van der Waals surface area (Å²) in [7, 11) is 1.51. The van der Waals surface area contributed by atoms with Gasteiger partial charge >= 0.3 is 5.97 Å². The standard InChI is InChI=1S/C16H21NO2/c1-12-4-3-5-13(17-12)15-6-9-16(10-7-15,11-8-15)14(18)19-2/h3-5H,6-11H2,1-2H3. The molecule has 3 saturated carbocycles. The molecule has 3 nitrogen and oxygen atoms in total. The summed E-state index contributed by atoms with van der Waals surface area (Å²) in [5.74, 6) is -0.00185. The van der Waals surface area contributed by atoms with Crippen LogP contribution in [-0.4, -0.2) is 18.1 Å². The molecule has 1 heterocycles. The molecule has 3 aliphatic carbocycles. The molecule has 0 unspecified atom stereocenters. The van der Waals surface area contributed by atoms with Crippen molar-refractivity contribution in [3.63, 3.8) is 0 Å². The quantitative estimate of drug-likeness (QED) is 0.766. The van der Waals surface area contributed by atoms with Crippen LogP contribution in [-0.2, 0) is 14.9 Å².